The first-order chi connectivity index (χ1) is 11.8. The van der Waals surface area contributed by atoms with E-state index in [1.807, 2.05) is 39.0 Å². The van der Waals surface area contributed by atoms with Crippen molar-refractivity contribution in [2.45, 2.75) is 56.9 Å². The summed E-state index contributed by atoms with van der Waals surface area (Å²) >= 11 is 0. The van der Waals surface area contributed by atoms with Crippen LogP contribution < -0.4 is 0 Å². The van der Waals surface area contributed by atoms with Gasteiger partial charge in [0.1, 0.15) is 21.9 Å². The Morgan fingerprint density at radius 2 is 2.12 bits per heavy atom. The van der Waals surface area contributed by atoms with Gasteiger partial charge in [-0.3, -0.25) is 0 Å². The highest BCUT2D eigenvalue weighted by Crippen LogP contribution is 2.24. The number of piperidine rings is 1. The molecule has 136 valence electrons. The van der Waals surface area contributed by atoms with Gasteiger partial charge in [-0.2, -0.15) is 0 Å². The van der Waals surface area contributed by atoms with Gasteiger partial charge < -0.3 is 14.1 Å². The van der Waals surface area contributed by atoms with E-state index in [1.165, 1.54) is 0 Å². The van der Waals surface area contributed by atoms with Gasteiger partial charge in [0.05, 0.1) is 5.75 Å². The summed E-state index contributed by atoms with van der Waals surface area (Å²) in [5.74, 6) is 0.312. The molecule has 1 aromatic carbocycles. The molecule has 1 saturated heterocycles. The molecule has 0 N–H and O–H groups in total. The quantitative estimate of drug-likeness (QED) is 0.830. The zero-order valence-corrected chi connectivity index (χ0v) is 15.7. The van der Waals surface area contributed by atoms with E-state index < -0.39 is 16.4 Å². The summed E-state index contributed by atoms with van der Waals surface area (Å²) in [5, 5.41) is 0.218. The maximum absolute atomic E-state index is 12.7. The molecule has 3 rings (SSSR count). The van der Waals surface area contributed by atoms with Crippen molar-refractivity contribution in [3.8, 4) is 0 Å². The minimum absolute atomic E-state index is 0.126. The highest BCUT2D eigenvalue weighted by Gasteiger charge is 2.32. The molecule has 0 aliphatic carbocycles. The van der Waals surface area contributed by atoms with Gasteiger partial charge in [-0.15, -0.1) is 0 Å². The van der Waals surface area contributed by atoms with Crippen molar-refractivity contribution in [3.05, 3.63) is 24.3 Å². The Bertz CT molecular complexity index is 748. The molecule has 7 heteroatoms. The van der Waals surface area contributed by atoms with Crippen LogP contribution in [0.2, 0.25) is 0 Å². The highest BCUT2D eigenvalue weighted by molar-refractivity contribution is 7.84. The van der Waals surface area contributed by atoms with Crippen LogP contribution in [-0.2, 0) is 15.5 Å². The number of amides is 1. The van der Waals surface area contributed by atoms with E-state index in [1.54, 1.807) is 11.0 Å². The third kappa shape index (κ3) is 4.39. The second-order valence-corrected chi connectivity index (χ2v) is 8.66. The molecule has 1 aromatic heterocycles. The first-order valence-corrected chi connectivity index (χ1v) is 9.89. The average molecular weight is 364 g/mol. The lowest BCUT2D eigenvalue weighted by atomic mass is 10.0. The SMILES string of the molecule is CC(C)(C)OC(=O)N1CCCC[C@H]1C[S@@](=O)c1nc2ccccc2o1. The van der Waals surface area contributed by atoms with E-state index in [2.05, 4.69) is 4.98 Å². The number of hydrogen-bond donors (Lipinski definition) is 0. The van der Waals surface area contributed by atoms with Crippen molar-refractivity contribution in [1.29, 1.82) is 0 Å². The van der Waals surface area contributed by atoms with Crippen LogP contribution in [0, 0.1) is 0 Å². The average Bonchev–Trinajstić information content (AvgIpc) is 2.98. The van der Waals surface area contributed by atoms with Gasteiger partial charge in [0, 0.05) is 12.6 Å². The summed E-state index contributed by atoms with van der Waals surface area (Å²) in [6.07, 6.45) is 2.41. The normalized spacial score (nSPS) is 19.8. The Morgan fingerprint density at radius 3 is 2.84 bits per heavy atom. The summed E-state index contributed by atoms with van der Waals surface area (Å²) in [4.78, 5) is 18.5. The third-order valence-electron chi connectivity index (χ3n) is 4.07. The van der Waals surface area contributed by atoms with Gasteiger partial charge in [0.2, 0.25) is 0 Å². The minimum atomic E-state index is -1.40. The lowest BCUT2D eigenvalue weighted by molar-refractivity contribution is 0.0125. The molecule has 0 unspecified atom stereocenters. The lowest BCUT2D eigenvalue weighted by Crippen LogP contribution is -2.48. The van der Waals surface area contributed by atoms with Gasteiger partial charge >= 0.3 is 6.09 Å². The standard InChI is InChI=1S/C18H24N2O4S/c1-18(2,3)24-17(21)20-11-7-6-8-13(20)12-25(22)16-19-14-9-4-5-10-15(14)23-16/h4-5,9-10,13H,6-8,11-12H2,1-3H3/t13-,25+/m0/s1. The summed E-state index contributed by atoms with van der Waals surface area (Å²) in [5.41, 5.74) is 0.774. The fraction of sp³-hybridized carbons (Fsp3) is 0.556. The summed E-state index contributed by atoms with van der Waals surface area (Å²) in [6, 6.07) is 7.22. The molecule has 0 radical (unpaired) electrons. The molecule has 2 aromatic rings. The monoisotopic (exact) mass is 364 g/mol. The molecule has 25 heavy (non-hydrogen) atoms. The summed E-state index contributed by atoms with van der Waals surface area (Å²) in [7, 11) is -1.40. The number of hydrogen-bond acceptors (Lipinski definition) is 5. The second-order valence-electron chi connectivity index (χ2n) is 7.28. The third-order valence-corrected chi connectivity index (χ3v) is 5.32. The Hall–Kier alpha value is -1.89. The molecule has 2 atom stereocenters. The van der Waals surface area contributed by atoms with Crippen molar-refractivity contribution in [2.24, 2.45) is 0 Å². The first-order valence-electron chi connectivity index (χ1n) is 8.57. The number of fused-ring (bicyclic) bond motifs is 1. The molecular formula is C18H24N2O4S. The minimum Gasteiger partial charge on any atom is -0.444 e. The van der Waals surface area contributed by atoms with Crippen LogP contribution >= 0.6 is 0 Å². The number of rotatable bonds is 3. The number of benzene rings is 1. The van der Waals surface area contributed by atoms with E-state index in [0.29, 0.717) is 23.4 Å². The van der Waals surface area contributed by atoms with Gasteiger partial charge in [0.25, 0.3) is 5.22 Å². The number of carbonyl (C=O) groups excluding carboxylic acids is 1. The molecule has 0 spiro atoms. The van der Waals surface area contributed by atoms with Crippen LogP contribution in [-0.4, -0.2) is 44.1 Å². The molecule has 1 amide bonds. The van der Waals surface area contributed by atoms with E-state index in [9.17, 15) is 9.00 Å². The largest absolute Gasteiger partial charge is 0.444 e. The fourth-order valence-corrected chi connectivity index (χ4v) is 4.15. The lowest BCUT2D eigenvalue weighted by Gasteiger charge is -2.36. The summed E-state index contributed by atoms with van der Waals surface area (Å²) in [6.45, 7) is 6.17. The number of oxazole rings is 1. The fourth-order valence-electron chi connectivity index (χ4n) is 2.93. The zero-order chi connectivity index (χ0) is 18.0. The maximum Gasteiger partial charge on any atom is 0.410 e. The topological polar surface area (TPSA) is 72.6 Å². The van der Waals surface area contributed by atoms with Crippen LogP contribution in [0.1, 0.15) is 40.0 Å². The van der Waals surface area contributed by atoms with Crippen molar-refractivity contribution in [3.63, 3.8) is 0 Å². The van der Waals surface area contributed by atoms with Crippen LogP contribution in [0.3, 0.4) is 0 Å². The van der Waals surface area contributed by atoms with Gasteiger partial charge in [0.15, 0.2) is 5.58 Å². The zero-order valence-electron chi connectivity index (χ0n) is 14.9. The molecular weight excluding hydrogens is 340 g/mol. The molecule has 0 bridgehead atoms. The Morgan fingerprint density at radius 1 is 1.36 bits per heavy atom. The molecule has 6 nitrogen and oxygen atoms in total. The van der Waals surface area contributed by atoms with Crippen molar-refractivity contribution in [1.82, 2.24) is 9.88 Å². The van der Waals surface area contributed by atoms with Crippen molar-refractivity contribution in [2.75, 3.05) is 12.3 Å². The number of carbonyl (C=O) groups is 1. The van der Waals surface area contributed by atoms with Crippen LogP contribution in [0.4, 0.5) is 4.79 Å². The Kier molecular flexibility index (Phi) is 5.13. The Labute approximate surface area is 150 Å². The van der Waals surface area contributed by atoms with Crippen molar-refractivity contribution >= 4 is 28.0 Å². The van der Waals surface area contributed by atoms with E-state index in [0.717, 1.165) is 19.3 Å². The predicted octanol–water partition coefficient (Wildman–Crippen LogP) is 3.73. The number of likely N-dealkylation sites (tertiary alicyclic amines) is 1. The molecule has 1 aliphatic rings. The van der Waals surface area contributed by atoms with Crippen LogP contribution in [0.5, 0.6) is 0 Å². The van der Waals surface area contributed by atoms with E-state index >= 15 is 0 Å². The highest BCUT2D eigenvalue weighted by atomic mass is 32.2. The predicted molar refractivity (Wildman–Crippen MR) is 95.9 cm³/mol. The van der Waals surface area contributed by atoms with Gasteiger partial charge in [-0.05, 0) is 52.2 Å². The number of para-hydroxylation sites is 2. The second kappa shape index (κ2) is 7.15. The smallest absolute Gasteiger partial charge is 0.410 e. The number of aromatic nitrogens is 1. The van der Waals surface area contributed by atoms with E-state index in [-0.39, 0.29) is 17.4 Å². The molecule has 2 heterocycles. The first kappa shape index (κ1) is 17.9. The van der Waals surface area contributed by atoms with Crippen molar-refractivity contribution < 1.29 is 18.2 Å². The van der Waals surface area contributed by atoms with Gasteiger partial charge in [-0.1, -0.05) is 12.1 Å². The number of nitrogens with zero attached hydrogens (tertiary/aromatic N) is 2. The maximum atomic E-state index is 12.7. The molecule has 0 saturated carbocycles. The van der Waals surface area contributed by atoms with E-state index in [4.69, 9.17) is 9.15 Å². The molecule has 1 fully saturated rings. The Balaban J connectivity index is 1.72. The van der Waals surface area contributed by atoms with Crippen LogP contribution in [0.25, 0.3) is 11.1 Å². The van der Waals surface area contributed by atoms with Crippen LogP contribution in [0.15, 0.2) is 33.9 Å². The number of ether oxygens (including phenoxy) is 1. The summed E-state index contributed by atoms with van der Waals surface area (Å²) < 4.78 is 23.8. The van der Waals surface area contributed by atoms with Gasteiger partial charge in [-0.25, -0.2) is 14.0 Å². The molecule has 1 aliphatic heterocycles.